The molecule has 0 heterocycles. The van der Waals surface area contributed by atoms with Crippen LogP contribution >= 0.6 is 0 Å². The second kappa shape index (κ2) is 11.6. The van der Waals surface area contributed by atoms with Crippen molar-refractivity contribution in [1.82, 2.24) is 0 Å². The van der Waals surface area contributed by atoms with E-state index in [-0.39, 0.29) is 21.7 Å². The smallest absolute Gasteiger partial charge is 0.550 e. The monoisotopic (exact) mass is 310 g/mol. The number of carbonyl (C=O) groups excluding carboxylic acids is 4. The SMILES string of the molecule is NC(CC(=O)[O-])C(=O)[O-].NC(CC(=O)[O-])C(=O)[O-].[Ti+4]. The van der Waals surface area contributed by atoms with Gasteiger partial charge in [0.05, 0.1) is 11.9 Å². The van der Waals surface area contributed by atoms with Crippen LogP contribution in [-0.2, 0) is 40.9 Å². The molecule has 0 radical (unpaired) electrons. The molecule has 2 unspecified atom stereocenters. The Labute approximate surface area is 122 Å². The Bertz CT molecular complexity index is 303. The molecule has 0 spiro atoms. The molecule has 19 heavy (non-hydrogen) atoms. The zero-order chi connectivity index (χ0) is 14.9. The standard InChI is InChI=1S/2C4H7NO4.Ti/c2*5-2(4(8)9)1-3(6)7;/h2*2H,1,5H2,(H,6,7)(H,8,9);/q;;+4/p-4. The molecule has 0 saturated heterocycles. The van der Waals surface area contributed by atoms with Crippen LogP contribution in [0.3, 0.4) is 0 Å². The first-order chi connectivity index (χ1) is 8.07. The average Bonchev–Trinajstić information content (AvgIpc) is 2.16. The van der Waals surface area contributed by atoms with Gasteiger partial charge in [-0.25, -0.2) is 0 Å². The second-order valence-electron chi connectivity index (χ2n) is 3.00. The van der Waals surface area contributed by atoms with E-state index in [4.69, 9.17) is 11.5 Å². The maximum absolute atomic E-state index is 9.71. The van der Waals surface area contributed by atoms with Gasteiger partial charge in [0.2, 0.25) is 0 Å². The van der Waals surface area contributed by atoms with Crippen LogP contribution in [0.5, 0.6) is 0 Å². The summed E-state index contributed by atoms with van der Waals surface area (Å²) in [7, 11) is 0. The first-order valence-corrected chi connectivity index (χ1v) is 4.40. The van der Waals surface area contributed by atoms with Gasteiger partial charge >= 0.3 is 21.7 Å². The van der Waals surface area contributed by atoms with Crippen molar-refractivity contribution in [3.63, 3.8) is 0 Å². The van der Waals surface area contributed by atoms with E-state index in [0.717, 1.165) is 0 Å². The van der Waals surface area contributed by atoms with Gasteiger partial charge in [-0.1, -0.05) is 0 Å². The molecule has 0 aromatic heterocycles. The molecular formula is C8H10N2O8Ti. The summed E-state index contributed by atoms with van der Waals surface area (Å²) >= 11 is 0. The summed E-state index contributed by atoms with van der Waals surface area (Å²) in [6.45, 7) is 0. The molecule has 0 aliphatic heterocycles. The molecule has 2 atom stereocenters. The quantitative estimate of drug-likeness (QED) is 0.442. The molecule has 0 saturated carbocycles. The Hall–Kier alpha value is -1.49. The van der Waals surface area contributed by atoms with Crippen LogP contribution < -0.4 is 31.9 Å². The number of aliphatic carboxylic acids is 4. The van der Waals surface area contributed by atoms with Crippen LogP contribution in [0.2, 0.25) is 0 Å². The van der Waals surface area contributed by atoms with Gasteiger partial charge in [-0.2, -0.15) is 0 Å². The van der Waals surface area contributed by atoms with Crippen molar-refractivity contribution >= 4 is 23.9 Å². The minimum Gasteiger partial charge on any atom is -0.550 e. The van der Waals surface area contributed by atoms with Gasteiger partial charge < -0.3 is 51.1 Å². The van der Waals surface area contributed by atoms with E-state index >= 15 is 0 Å². The van der Waals surface area contributed by atoms with Crippen LogP contribution in [0, 0.1) is 0 Å². The Morgan fingerprint density at radius 2 is 0.947 bits per heavy atom. The Morgan fingerprint density at radius 1 is 0.737 bits per heavy atom. The van der Waals surface area contributed by atoms with Crippen molar-refractivity contribution in [2.24, 2.45) is 11.5 Å². The number of hydrogen-bond acceptors (Lipinski definition) is 10. The predicted molar refractivity (Wildman–Crippen MR) is 45.2 cm³/mol. The first-order valence-electron chi connectivity index (χ1n) is 4.40. The molecule has 0 aromatic rings. The fourth-order valence-corrected chi connectivity index (χ4v) is 0.526. The maximum Gasteiger partial charge on any atom is 4.00 e. The third-order valence-electron chi connectivity index (χ3n) is 1.38. The molecule has 0 fully saturated rings. The minimum atomic E-state index is -1.58. The van der Waals surface area contributed by atoms with Crippen molar-refractivity contribution < 1.29 is 61.3 Å². The molecular weight excluding hydrogens is 300 g/mol. The molecule has 11 heteroatoms. The second-order valence-corrected chi connectivity index (χ2v) is 3.00. The zero-order valence-corrected chi connectivity index (χ0v) is 11.1. The van der Waals surface area contributed by atoms with Crippen LogP contribution in [-0.4, -0.2) is 36.0 Å². The minimum absolute atomic E-state index is 0. The summed E-state index contributed by atoms with van der Waals surface area (Å²) in [6.07, 6.45) is -1.41. The summed E-state index contributed by atoms with van der Waals surface area (Å²) in [4.78, 5) is 38.7. The van der Waals surface area contributed by atoms with Crippen LogP contribution in [0.15, 0.2) is 0 Å². The van der Waals surface area contributed by atoms with Gasteiger partial charge in [-0.3, -0.25) is 0 Å². The summed E-state index contributed by atoms with van der Waals surface area (Å²) in [5.41, 5.74) is 9.47. The van der Waals surface area contributed by atoms with Crippen LogP contribution in [0.1, 0.15) is 12.8 Å². The summed E-state index contributed by atoms with van der Waals surface area (Å²) in [5, 5.41) is 38.7. The average molecular weight is 310 g/mol. The largest absolute Gasteiger partial charge is 4.00 e. The van der Waals surface area contributed by atoms with Gasteiger partial charge in [0, 0.05) is 36.9 Å². The van der Waals surface area contributed by atoms with Crippen molar-refractivity contribution in [2.75, 3.05) is 0 Å². The van der Waals surface area contributed by atoms with E-state index in [1.165, 1.54) is 0 Å². The molecule has 0 aliphatic rings. The third-order valence-corrected chi connectivity index (χ3v) is 1.38. The van der Waals surface area contributed by atoms with Crippen molar-refractivity contribution in [2.45, 2.75) is 24.9 Å². The first kappa shape index (κ1) is 22.7. The normalized spacial score (nSPS) is 11.9. The molecule has 4 N–H and O–H groups in total. The predicted octanol–water partition coefficient (Wildman–Crippen LogP) is -7.60. The number of rotatable bonds is 6. The van der Waals surface area contributed by atoms with E-state index in [9.17, 15) is 39.6 Å². The molecule has 0 aromatic carbocycles. The number of nitrogens with two attached hydrogens (primary N) is 2. The topological polar surface area (TPSA) is 213 Å². The fourth-order valence-electron chi connectivity index (χ4n) is 0.526. The van der Waals surface area contributed by atoms with Crippen molar-refractivity contribution in [1.29, 1.82) is 0 Å². The Morgan fingerprint density at radius 3 is 1.00 bits per heavy atom. The van der Waals surface area contributed by atoms with Gasteiger partial charge in [-0.15, -0.1) is 0 Å². The summed E-state index contributed by atoms with van der Waals surface area (Å²) in [6, 6.07) is -2.93. The van der Waals surface area contributed by atoms with Gasteiger partial charge in [0.15, 0.2) is 0 Å². The third kappa shape index (κ3) is 16.5. The van der Waals surface area contributed by atoms with Gasteiger partial charge in [-0.05, 0) is 0 Å². The number of hydrogen-bond donors (Lipinski definition) is 2. The molecule has 10 nitrogen and oxygen atoms in total. The van der Waals surface area contributed by atoms with E-state index in [2.05, 4.69) is 0 Å². The zero-order valence-electron chi connectivity index (χ0n) is 9.49. The Kier molecular flexibility index (Phi) is 13.8. The summed E-state index contributed by atoms with van der Waals surface area (Å²) < 4.78 is 0. The van der Waals surface area contributed by atoms with E-state index in [0.29, 0.717) is 0 Å². The number of carboxylic acid groups (broad SMARTS) is 4. The van der Waals surface area contributed by atoms with Gasteiger partial charge in [0.25, 0.3) is 0 Å². The molecule has 0 bridgehead atoms. The summed E-state index contributed by atoms with van der Waals surface area (Å²) in [5.74, 6) is -6.16. The van der Waals surface area contributed by atoms with Crippen molar-refractivity contribution in [3.8, 4) is 0 Å². The van der Waals surface area contributed by atoms with E-state index < -0.39 is 48.8 Å². The maximum atomic E-state index is 9.71. The van der Waals surface area contributed by atoms with Crippen molar-refractivity contribution in [3.05, 3.63) is 0 Å². The molecule has 0 amide bonds. The van der Waals surface area contributed by atoms with Gasteiger partial charge in [0.1, 0.15) is 0 Å². The Balaban J connectivity index is -0.000000256. The fraction of sp³-hybridized carbons (Fsp3) is 0.500. The molecule has 104 valence electrons. The molecule has 0 aliphatic carbocycles. The van der Waals surface area contributed by atoms with E-state index in [1.807, 2.05) is 0 Å². The molecule has 0 rings (SSSR count). The number of carbonyl (C=O) groups is 4. The van der Waals surface area contributed by atoms with Crippen LogP contribution in [0.4, 0.5) is 0 Å². The number of carboxylic acids is 4. The van der Waals surface area contributed by atoms with E-state index in [1.54, 1.807) is 0 Å². The van der Waals surface area contributed by atoms with Crippen LogP contribution in [0.25, 0.3) is 0 Å².